The zero-order chi connectivity index (χ0) is 19.9. The molecule has 0 bridgehead atoms. The number of ether oxygens (including phenoxy) is 1. The number of piperidine rings is 1. The third-order valence-corrected chi connectivity index (χ3v) is 6.79. The van der Waals surface area contributed by atoms with Gasteiger partial charge in [0.15, 0.2) is 0 Å². The van der Waals surface area contributed by atoms with Crippen LogP contribution < -0.4 is 5.32 Å². The van der Waals surface area contributed by atoms with Crippen LogP contribution in [0.3, 0.4) is 0 Å². The van der Waals surface area contributed by atoms with Crippen LogP contribution in [0.2, 0.25) is 0 Å². The first-order valence-corrected chi connectivity index (χ1v) is 11.6. The third-order valence-electron chi connectivity index (χ3n) is 6.79. The SMILES string of the molecule is O=C(NCC1CCCO1)[C@@H]1C[C@H](CN2CCCC2)CN(CCc2ccccc2)C1. The molecule has 0 radical (unpaired) electrons. The highest BCUT2D eigenvalue weighted by Gasteiger charge is 2.33. The van der Waals surface area contributed by atoms with Gasteiger partial charge in [-0.2, -0.15) is 0 Å². The van der Waals surface area contributed by atoms with E-state index in [9.17, 15) is 4.79 Å². The second-order valence-corrected chi connectivity index (χ2v) is 9.18. The zero-order valence-electron chi connectivity index (χ0n) is 17.7. The van der Waals surface area contributed by atoms with Crippen LogP contribution >= 0.6 is 0 Å². The highest BCUT2D eigenvalue weighted by atomic mass is 16.5. The molecule has 1 aromatic carbocycles. The molecule has 1 N–H and O–H groups in total. The number of benzene rings is 1. The van der Waals surface area contributed by atoms with Gasteiger partial charge in [0.25, 0.3) is 0 Å². The van der Waals surface area contributed by atoms with Gasteiger partial charge < -0.3 is 19.9 Å². The van der Waals surface area contributed by atoms with E-state index in [4.69, 9.17) is 4.74 Å². The molecule has 3 fully saturated rings. The van der Waals surface area contributed by atoms with Crippen LogP contribution in [0.4, 0.5) is 0 Å². The maximum atomic E-state index is 13.0. The number of hydrogen-bond acceptors (Lipinski definition) is 4. The molecule has 160 valence electrons. The lowest BCUT2D eigenvalue weighted by Crippen LogP contribution is -2.49. The summed E-state index contributed by atoms with van der Waals surface area (Å²) in [6.07, 6.45) is 7.15. The summed E-state index contributed by atoms with van der Waals surface area (Å²) in [5.41, 5.74) is 1.38. The number of hydrogen-bond donors (Lipinski definition) is 1. The molecule has 0 aromatic heterocycles. The van der Waals surface area contributed by atoms with Crippen LogP contribution in [0.1, 0.15) is 37.7 Å². The molecule has 3 saturated heterocycles. The molecule has 3 aliphatic rings. The van der Waals surface area contributed by atoms with Gasteiger partial charge in [-0.3, -0.25) is 4.79 Å². The molecule has 4 rings (SSSR count). The molecule has 0 spiro atoms. The normalized spacial score (nSPS) is 28.6. The summed E-state index contributed by atoms with van der Waals surface area (Å²) in [5, 5.41) is 3.20. The predicted molar refractivity (Wildman–Crippen MR) is 116 cm³/mol. The lowest BCUT2D eigenvalue weighted by Gasteiger charge is -2.38. The summed E-state index contributed by atoms with van der Waals surface area (Å²) in [5.74, 6) is 0.931. The van der Waals surface area contributed by atoms with Gasteiger partial charge >= 0.3 is 0 Å². The fourth-order valence-corrected chi connectivity index (χ4v) is 5.23. The van der Waals surface area contributed by atoms with Crippen LogP contribution in [0.25, 0.3) is 0 Å². The summed E-state index contributed by atoms with van der Waals surface area (Å²) >= 11 is 0. The number of nitrogens with zero attached hydrogens (tertiary/aromatic N) is 2. The standard InChI is InChI=1S/C24H37N3O2/c28-24(25-16-23-9-6-14-29-23)22-15-21(17-26-11-4-5-12-26)18-27(19-22)13-10-20-7-2-1-3-8-20/h1-3,7-8,21-23H,4-6,9-19H2,(H,25,28)/t21-,22-,23?/m1/s1. The Morgan fingerprint density at radius 3 is 2.66 bits per heavy atom. The van der Waals surface area contributed by atoms with E-state index < -0.39 is 0 Å². The minimum absolute atomic E-state index is 0.105. The largest absolute Gasteiger partial charge is 0.376 e. The Hall–Kier alpha value is -1.43. The van der Waals surface area contributed by atoms with Gasteiger partial charge in [-0.25, -0.2) is 0 Å². The number of nitrogens with one attached hydrogen (secondary N) is 1. The van der Waals surface area contributed by atoms with Gasteiger partial charge in [-0.15, -0.1) is 0 Å². The van der Waals surface area contributed by atoms with E-state index >= 15 is 0 Å². The first kappa shape index (κ1) is 20.8. The summed E-state index contributed by atoms with van der Waals surface area (Å²) in [6, 6.07) is 10.7. The fourth-order valence-electron chi connectivity index (χ4n) is 5.23. The monoisotopic (exact) mass is 399 g/mol. The zero-order valence-corrected chi connectivity index (χ0v) is 17.7. The second kappa shape index (κ2) is 10.6. The van der Waals surface area contributed by atoms with Crippen LogP contribution in [-0.2, 0) is 16.0 Å². The Morgan fingerprint density at radius 2 is 1.90 bits per heavy atom. The Kier molecular flexibility index (Phi) is 7.58. The van der Waals surface area contributed by atoms with Crippen molar-refractivity contribution in [1.82, 2.24) is 15.1 Å². The topological polar surface area (TPSA) is 44.8 Å². The average molecular weight is 400 g/mol. The van der Waals surface area contributed by atoms with Gasteiger partial charge in [0, 0.05) is 39.3 Å². The molecule has 3 heterocycles. The predicted octanol–water partition coefficient (Wildman–Crippen LogP) is 2.56. The number of carbonyl (C=O) groups excluding carboxylic acids is 1. The molecule has 0 aliphatic carbocycles. The average Bonchev–Trinajstić information content (AvgIpc) is 3.45. The lowest BCUT2D eigenvalue weighted by atomic mass is 9.87. The van der Waals surface area contributed by atoms with Gasteiger partial charge in [-0.05, 0) is 63.1 Å². The van der Waals surface area contributed by atoms with Gasteiger partial charge in [0.2, 0.25) is 5.91 Å². The first-order chi connectivity index (χ1) is 14.3. The van der Waals surface area contributed by atoms with E-state index in [1.807, 2.05) is 0 Å². The summed E-state index contributed by atoms with van der Waals surface area (Å²) in [6.45, 7) is 8.19. The smallest absolute Gasteiger partial charge is 0.224 e. The van der Waals surface area contributed by atoms with E-state index in [1.165, 1.54) is 31.5 Å². The Labute approximate surface area is 175 Å². The molecule has 1 aromatic rings. The Balaban J connectivity index is 1.32. The van der Waals surface area contributed by atoms with Gasteiger partial charge in [0.05, 0.1) is 12.0 Å². The van der Waals surface area contributed by atoms with E-state index in [0.29, 0.717) is 12.5 Å². The lowest BCUT2D eigenvalue weighted by molar-refractivity contribution is -0.128. The third kappa shape index (κ3) is 6.27. The van der Waals surface area contributed by atoms with Crippen molar-refractivity contribution >= 4 is 5.91 Å². The number of carbonyl (C=O) groups is 1. The molecule has 3 aliphatic heterocycles. The molecule has 1 amide bonds. The van der Waals surface area contributed by atoms with Crippen molar-refractivity contribution in [2.75, 3.05) is 52.4 Å². The van der Waals surface area contributed by atoms with Crippen molar-refractivity contribution in [3.8, 4) is 0 Å². The van der Waals surface area contributed by atoms with Gasteiger partial charge in [-0.1, -0.05) is 30.3 Å². The Bertz CT molecular complexity index is 626. The number of likely N-dealkylation sites (tertiary alicyclic amines) is 2. The van der Waals surface area contributed by atoms with Crippen molar-refractivity contribution in [3.63, 3.8) is 0 Å². The van der Waals surface area contributed by atoms with E-state index in [-0.39, 0.29) is 17.9 Å². The van der Waals surface area contributed by atoms with Crippen LogP contribution in [-0.4, -0.2) is 74.2 Å². The minimum atomic E-state index is 0.105. The van der Waals surface area contributed by atoms with E-state index in [1.54, 1.807) is 0 Å². The minimum Gasteiger partial charge on any atom is -0.376 e. The van der Waals surface area contributed by atoms with Crippen molar-refractivity contribution in [1.29, 1.82) is 0 Å². The molecular weight excluding hydrogens is 362 g/mol. The highest BCUT2D eigenvalue weighted by Crippen LogP contribution is 2.25. The molecular formula is C24H37N3O2. The molecule has 3 atom stereocenters. The molecule has 5 nitrogen and oxygen atoms in total. The van der Waals surface area contributed by atoms with Crippen LogP contribution in [0.15, 0.2) is 30.3 Å². The van der Waals surface area contributed by atoms with Crippen LogP contribution in [0, 0.1) is 11.8 Å². The van der Waals surface area contributed by atoms with Crippen LogP contribution in [0.5, 0.6) is 0 Å². The Morgan fingerprint density at radius 1 is 1.07 bits per heavy atom. The maximum Gasteiger partial charge on any atom is 0.224 e. The van der Waals surface area contributed by atoms with Crippen molar-refractivity contribution in [2.45, 2.75) is 44.6 Å². The van der Waals surface area contributed by atoms with E-state index in [2.05, 4.69) is 45.4 Å². The first-order valence-electron chi connectivity index (χ1n) is 11.6. The fraction of sp³-hybridized carbons (Fsp3) is 0.708. The summed E-state index contributed by atoms with van der Waals surface area (Å²) in [4.78, 5) is 18.1. The second-order valence-electron chi connectivity index (χ2n) is 9.18. The summed E-state index contributed by atoms with van der Waals surface area (Å²) < 4.78 is 5.68. The molecule has 0 saturated carbocycles. The maximum absolute atomic E-state index is 13.0. The quantitative estimate of drug-likeness (QED) is 0.730. The molecule has 5 heteroatoms. The number of amides is 1. The van der Waals surface area contributed by atoms with Crippen molar-refractivity contribution < 1.29 is 9.53 Å². The molecule has 1 unspecified atom stereocenters. The van der Waals surface area contributed by atoms with E-state index in [0.717, 1.165) is 58.5 Å². The molecule has 29 heavy (non-hydrogen) atoms. The van der Waals surface area contributed by atoms with Crippen molar-refractivity contribution in [3.05, 3.63) is 35.9 Å². The number of rotatable bonds is 8. The highest BCUT2D eigenvalue weighted by molar-refractivity contribution is 5.79. The van der Waals surface area contributed by atoms with Gasteiger partial charge in [0.1, 0.15) is 0 Å². The summed E-state index contributed by atoms with van der Waals surface area (Å²) in [7, 11) is 0. The van der Waals surface area contributed by atoms with Crippen molar-refractivity contribution in [2.24, 2.45) is 11.8 Å².